The van der Waals surface area contributed by atoms with Gasteiger partial charge in [0.2, 0.25) is 0 Å². The maximum absolute atomic E-state index is 4.43. The van der Waals surface area contributed by atoms with Crippen LogP contribution >= 0.6 is 22.6 Å². The van der Waals surface area contributed by atoms with Gasteiger partial charge in [0.15, 0.2) is 3.83 Å². The molecule has 1 aromatic rings. The topological polar surface area (TPSA) is 17.8 Å². The van der Waals surface area contributed by atoms with Crippen molar-refractivity contribution < 1.29 is 0 Å². The lowest BCUT2D eigenvalue weighted by molar-refractivity contribution is 0.565. The zero-order chi connectivity index (χ0) is 8.01. The number of nitrogens with zero attached hydrogens (tertiary/aromatic N) is 2. The largest absolute Gasteiger partial charge is 0.320 e. The fraction of sp³-hybridized carbons (Fsp3) is 0.625. The van der Waals surface area contributed by atoms with Crippen LogP contribution in [0.3, 0.4) is 0 Å². The molecule has 1 unspecified atom stereocenters. The van der Waals surface area contributed by atoms with Crippen LogP contribution in [0.2, 0.25) is 0 Å². The van der Waals surface area contributed by atoms with E-state index in [0.29, 0.717) is 6.04 Å². The van der Waals surface area contributed by atoms with E-state index in [0.717, 1.165) is 3.83 Å². The van der Waals surface area contributed by atoms with Gasteiger partial charge < -0.3 is 4.57 Å². The molecule has 3 heteroatoms. The van der Waals surface area contributed by atoms with E-state index in [2.05, 4.69) is 46.0 Å². The average molecular weight is 262 g/mol. The average Bonchev–Trinajstić information content (AvgIpc) is 2.41. The molecule has 0 bridgehead atoms. The Morgan fingerprint density at radius 1 is 1.64 bits per heavy atom. The molecule has 0 N–H and O–H groups in total. The third-order valence-electron chi connectivity index (χ3n) is 2.41. The van der Waals surface area contributed by atoms with Crippen molar-refractivity contribution in [1.29, 1.82) is 0 Å². The van der Waals surface area contributed by atoms with Gasteiger partial charge in [0, 0.05) is 11.7 Å². The van der Waals surface area contributed by atoms with Gasteiger partial charge in [-0.05, 0) is 49.3 Å². The second-order valence-corrected chi connectivity index (χ2v) is 4.14. The van der Waals surface area contributed by atoms with Gasteiger partial charge in [0.05, 0.1) is 5.69 Å². The Morgan fingerprint density at radius 2 is 2.36 bits per heavy atom. The van der Waals surface area contributed by atoms with Crippen LogP contribution in [0.25, 0.3) is 0 Å². The lowest BCUT2D eigenvalue weighted by Gasteiger charge is -2.05. The molecule has 0 spiro atoms. The van der Waals surface area contributed by atoms with Gasteiger partial charge in [-0.3, -0.25) is 0 Å². The Kier molecular flexibility index (Phi) is 1.70. The van der Waals surface area contributed by atoms with Gasteiger partial charge in [-0.2, -0.15) is 0 Å². The Hall–Kier alpha value is -0.0600. The first kappa shape index (κ1) is 7.58. The number of hydrogen-bond acceptors (Lipinski definition) is 1. The van der Waals surface area contributed by atoms with Crippen molar-refractivity contribution in [1.82, 2.24) is 9.55 Å². The molecule has 2 nitrogen and oxygen atoms in total. The molecule has 0 fully saturated rings. The summed E-state index contributed by atoms with van der Waals surface area (Å²) in [4.78, 5) is 4.43. The van der Waals surface area contributed by atoms with Crippen LogP contribution < -0.4 is 0 Å². The van der Waals surface area contributed by atoms with E-state index in [4.69, 9.17) is 0 Å². The number of rotatable bonds is 0. The molecular weight excluding hydrogens is 251 g/mol. The van der Waals surface area contributed by atoms with Crippen molar-refractivity contribution in [3.05, 3.63) is 15.2 Å². The van der Waals surface area contributed by atoms with Gasteiger partial charge >= 0.3 is 0 Å². The summed E-state index contributed by atoms with van der Waals surface area (Å²) in [6, 6.07) is 0.665. The molecule has 0 aliphatic carbocycles. The number of imidazole rings is 1. The van der Waals surface area contributed by atoms with E-state index in [1.54, 1.807) is 0 Å². The van der Waals surface area contributed by atoms with Crippen molar-refractivity contribution in [2.45, 2.75) is 32.7 Å². The molecule has 0 saturated carbocycles. The van der Waals surface area contributed by atoms with Crippen molar-refractivity contribution in [2.75, 3.05) is 0 Å². The minimum atomic E-state index is 0.665. The van der Waals surface area contributed by atoms with Crippen molar-refractivity contribution >= 4 is 22.6 Å². The van der Waals surface area contributed by atoms with Gasteiger partial charge in [0.25, 0.3) is 0 Å². The second-order valence-electron chi connectivity index (χ2n) is 3.17. The lowest BCUT2D eigenvalue weighted by Crippen LogP contribution is -2.00. The molecule has 60 valence electrons. The lowest BCUT2D eigenvalue weighted by atomic mass is 10.2. The highest BCUT2D eigenvalue weighted by Gasteiger charge is 2.23. The molecule has 11 heavy (non-hydrogen) atoms. The molecule has 2 heterocycles. The summed E-state index contributed by atoms with van der Waals surface area (Å²) in [6.45, 7) is 4.37. The predicted octanol–water partition coefficient (Wildman–Crippen LogP) is 2.30. The Labute approximate surface area is 80.2 Å². The highest BCUT2D eigenvalue weighted by molar-refractivity contribution is 14.1. The minimum absolute atomic E-state index is 0.665. The molecule has 0 radical (unpaired) electrons. The molecular formula is C8H11IN2. The fourth-order valence-electron chi connectivity index (χ4n) is 1.77. The van der Waals surface area contributed by atoms with Crippen LogP contribution in [0.4, 0.5) is 0 Å². The number of hydrogen-bond donors (Lipinski definition) is 0. The standard InChI is InChI=1S/C8H11IN2/c1-5-3-4-7-6(2)10-8(9)11(5)7/h5H,3-4H2,1-2H3. The van der Waals surface area contributed by atoms with Crippen LogP contribution in [-0.2, 0) is 6.42 Å². The Morgan fingerprint density at radius 3 is 3.00 bits per heavy atom. The van der Waals surface area contributed by atoms with Gasteiger partial charge in [0.1, 0.15) is 0 Å². The third kappa shape index (κ3) is 1.01. The number of aryl methyl sites for hydroxylation is 1. The maximum atomic E-state index is 4.43. The van der Waals surface area contributed by atoms with Gasteiger partial charge in [-0.15, -0.1) is 0 Å². The molecule has 0 aromatic carbocycles. The second kappa shape index (κ2) is 2.47. The van der Waals surface area contributed by atoms with Crippen LogP contribution in [0.1, 0.15) is 30.8 Å². The quantitative estimate of drug-likeness (QED) is 0.656. The normalized spacial score (nSPS) is 22.3. The van der Waals surface area contributed by atoms with Gasteiger partial charge in [-0.1, -0.05) is 0 Å². The molecule has 0 saturated heterocycles. The van der Waals surface area contributed by atoms with E-state index >= 15 is 0 Å². The summed E-state index contributed by atoms with van der Waals surface area (Å²) in [5.74, 6) is 0. The van der Waals surface area contributed by atoms with E-state index in [-0.39, 0.29) is 0 Å². The highest BCUT2D eigenvalue weighted by atomic mass is 127. The number of fused-ring (bicyclic) bond motifs is 1. The van der Waals surface area contributed by atoms with E-state index < -0.39 is 0 Å². The van der Waals surface area contributed by atoms with Crippen LogP contribution in [-0.4, -0.2) is 9.55 Å². The zero-order valence-electron chi connectivity index (χ0n) is 6.76. The summed E-state index contributed by atoms with van der Waals surface area (Å²) in [7, 11) is 0. The van der Waals surface area contributed by atoms with Gasteiger partial charge in [-0.25, -0.2) is 4.98 Å². The van der Waals surface area contributed by atoms with Crippen molar-refractivity contribution in [2.24, 2.45) is 0 Å². The van der Waals surface area contributed by atoms with Crippen molar-refractivity contribution in [3.63, 3.8) is 0 Å². The minimum Gasteiger partial charge on any atom is -0.320 e. The van der Waals surface area contributed by atoms with Crippen LogP contribution in [0.15, 0.2) is 0 Å². The summed E-state index contributed by atoms with van der Waals surface area (Å²) >= 11 is 2.31. The third-order valence-corrected chi connectivity index (χ3v) is 3.17. The molecule has 1 aliphatic heterocycles. The number of halogens is 1. The van der Waals surface area contributed by atoms with Crippen LogP contribution in [0.5, 0.6) is 0 Å². The van der Waals surface area contributed by atoms with Crippen molar-refractivity contribution in [3.8, 4) is 0 Å². The SMILES string of the molecule is Cc1nc(I)n2c1CCC2C. The zero-order valence-corrected chi connectivity index (χ0v) is 8.92. The first-order valence-electron chi connectivity index (χ1n) is 3.93. The van der Waals surface area contributed by atoms with Crippen LogP contribution in [0, 0.1) is 10.8 Å². The number of aromatic nitrogens is 2. The summed E-state index contributed by atoms with van der Waals surface area (Å²) in [6.07, 6.45) is 2.50. The maximum Gasteiger partial charge on any atom is 0.172 e. The smallest absolute Gasteiger partial charge is 0.172 e. The molecule has 0 amide bonds. The predicted molar refractivity (Wildman–Crippen MR) is 52.7 cm³/mol. The van der Waals surface area contributed by atoms with E-state index in [9.17, 15) is 0 Å². The summed E-state index contributed by atoms with van der Waals surface area (Å²) < 4.78 is 3.51. The van der Waals surface area contributed by atoms with E-state index in [1.807, 2.05) is 0 Å². The summed E-state index contributed by atoms with van der Waals surface area (Å²) in [5.41, 5.74) is 2.67. The van der Waals surface area contributed by atoms with E-state index in [1.165, 1.54) is 24.2 Å². The molecule has 1 aliphatic rings. The Balaban J connectivity index is 2.60. The first-order chi connectivity index (χ1) is 5.20. The molecule has 1 aromatic heterocycles. The monoisotopic (exact) mass is 262 g/mol. The highest BCUT2D eigenvalue weighted by Crippen LogP contribution is 2.29. The fourth-order valence-corrected chi connectivity index (χ4v) is 2.89. The Bertz CT molecular complexity index is 291. The first-order valence-corrected chi connectivity index (χ1v) is 5.01. The molecule has 1 atom stereocenters. The summed E-state index contributed by atoms with van der Waals surface area (Å²) in [5, 5.41) is 0. The molecule has 2 rings (SSSR count).